The van der Waals surface area contributed by atoms with Crippen molar-refractivity contribution in [3.05, 3.63) is 71.0 Å². The average Bonchev–Trinajstić information content (AvgIpc) is 2.58. The number of halogens is 1. The standard InChI is InChI=1S/C19H24FN3O2/c1-23(2)13-15-7-5-6-14(10-15)11-21-19(25)22-12-18(24)16-8-3-4-9-17(16)20/h3-10,18,24H,11-13H2,1-2H3,(H2,21,22,25). The molecular weight excluding hydrogens is 321 g/mol. The van der Waals surface area contributed by atoms with Crippen LogP contribution in [0.25, 0.3) is 0 Å². The molecular formula is C19H24FN3O2. The number of benzene rings is 2. The van der Waals surface area contributed by atoms with E-state index in [1.54, 1.807) is 12.1 Å². The van der Waals surface area contributed by atoms with E-state index < -0.39 is 18.0 Å². The fourth-order valence-electron chi connectivity index (χ4n) is 2.49. The topological polar surface area (TPSA) is 64.6 Å². The number of carbonyl (C=O) groups excluding carboxylic acids is 1. The highest BCUT2D eigenvalue weighted by Gasteiger charge is 2.13. The fraction of sp³-hybridized carbons (Fsp3) is 0.316. The van der Waals surface area contributed by atoms with E-state index >= 15 is 0 Å². The molecule has 1 unspecified atom stereocenters. The summed E-state index contributed by atoms with van der Waals surface area (Å²) in [6.45, 7) is 1.14. The second-order valence-corrected chi connectivity index (χ2v) is 6.16. The molecule has 134 valence electrons. The van der Waals surface area contributed by atoms with Crippen molar-refractivity contribution in [3.63, 3.8) is 0 Å². The summed E-state index contributed by atoms with van der Waals surface area (Å²) in [5.41, 5.74) is 2.32. The minimum atomic E-state index is -1.09. The van der Waals surface area contributed by atoms with Gasteiger partial charge in [-0.05, 0) is 31.3 Å². The normalized spacial score (nSPS) is 12.0. The third-order valence-corrected chi connectivity index (χ3v) is 3.66. The van der Waals surface area contributed by atoms with Gasteiger partial charge >= 0.3 is 6.03 Å². The van der Waals surface area contributed by atoms with Crippen LogP contribution in [0.15, 0.2) is 48.5 Å². The van der Waals surface area contributed by atoms with Gasteiger partial charge in [0.15, 0.2) is 0 Å². The van der Waals surface area contributed by atoms with Crippen LogP contribution in [-0.2, 0) is 13.1 Å². The maximum absolute atomic E-state index is 13.6. The van der Waals surface area contributed by atoms with Crippen molar-refractivity contribution in [3.8, 4) is 0 Å². The molecule has 0 fully saturated rings. The number of carbonyl (C=O) groups is 1. The monoisotopic (exact) mass is 345 g/mol. The Balaban J connectivity index is 1.80. The number of amides is 2. The number of hydrogen-bond donors (Lipinski definition) is 3. The first-order chi connectivity index (χ1) is 12.0. The summed E-state index contributed by atoms with van der Waals surface area (Å²) >= 11 is 0. The highest BCUT2D eigenvalue weighted by molar-refractivity contribution is 5.73. The molecule has 2 aromatic carbocycles. The zero-order valence-electron chi connectivity index (χ0n) is 14.5. The lowest BCUT2D eigenvalue weighted by molar-refractivity contribution is 0.169. The van der Waals surface area contributed by atoms with Crippen molar-refractivity contribution in [1.82, 2.24) is 15.5 Å². The molecule has 0 heterocycles. The highest BCUT2D eigenvalue weighted by atomic mass is 19.1. The minimum absolute atomic E-state index is 0.0621. The Morgan fingerprint density at radius 3 is 2.56 bits per heavy atom. The molecule has 2 rings (SSSR count). The van der Waals surface area contributed by atoms with E-state index in [4.69, 9.17) is 0 Å². The van der Waals surface area contributed by atoms with Crippen molar-refractivity contribution in [2.75, 3.05) is 20.6 Å². The molecule has 0 saturated heterocycles. The third-order valence-electron chi connectivity index (χ3n) is 3.66. The summed E-state index contributed by atoms with van der Waals surface area (Å²) in [5, 5.41) is 15.3. The molecule has 3 N–H and O–H groups in total. The summed E-state index contributed by atoms with van der Waals surface area (Å²) in [4.78, 5) is 13.9. The van der Waals surface area contributed by atoms with Crippen molar-refractivity contribution >= 4 is 6.03 Å². The van der Waals surface area contributed by atoms with Crippen molar-refractivity contribution in [1.29, 1.82) is 0 Å². The van der Waals surface area contributed by atoms with Gasteiger partial charge in [-0.15, -0.1) is 0 Å². The summed E-state index contributed by atoms with van der Waals surface area (Å²) in [7, 11) is 4.00. The van der Waals surface area contributed by atoms with Crippen molar-refractivity contribution in [2.45, 2.75) is 19.2 Å². The number of aliphatic hydroxyl groups excluding tert-OH is 1. The average molecular weight is 345 g/mol. The number of aliphatic hydroxyl groups is 1. The Morgan fingerprint density at radius 2 is 1.84 bits per heavy atom. The van der Waals surface area contributed by atoms with Crippen molar-refractivity contribution in [2.24, 2.45) is 0 Å². The maximum atomic E-state index is 13.6. The largest absolute Gasteiger partial charge is 0.386 e. The first kappa shape index (κ1) is 18.9. The number of hydrogen-bond acceptors (Lipinski definition) is 3. The lowest BCUT2D eigenvalue weighted by atomic mass is 10.1. The Bertz CT molecular complexity index is 707. The third kappa shape index (κ3) is 6.17. The predicted molar refractivity (Wildman–Crippen MR) is 95.4 cm³/mol. The number of rotatable bonds is 7. The van der Waals surface area contributed by atoms with Gasteiger partial charge < -0.3 is 20.6 Å². The molecule has 0 spiro atoms. The van der Waals surface area contributed by atoms with Crippen LogP contribution >= 0.6 is 0 Å². The molecule has 0 aliphatic carbocycles. The zero-order valence-corrected chi connectivity index (χ0v) is 14.5. The lowest BCUT2D eigenvalue weighted by Crippen LogP contribution is -2.37. The molecule has 0 aliphatic rings. The van der Waals surface area contributed by atoms with Crippen LogP contribution in [0, 0.1) is 5.82 Å². The second kappa shape index (κ2) is 9.15. The Morgan fingerprint density at radius 1 is 1.12 bits per heavy atom. The summed E-state index contributed by atoms with van der Waals surface area (Å²) < 4.78 is 13.6. The fourth-order valence-corrected chi connectivity index (χ4v) is 2.49. The van der Waals surface area contributed by atoms with E-state index in [0.29, 0.717) is 6.54 Å². The van der Waals surface area contributed by atoms with Crippen LogP contribution < -0.4 is 10.6 Å². The lowest BCUT2D eigenvalue weighted by Gasteiger charge is -2.14. The van der Waals surface area contributed by atoms with Gasteiger partial charge in [0.05, 0.1) is 6.10 Å². The second-order valence-electron chi connectivity index (χ2n) is 6.16. The smallest absolute Gasteiger partial charge is 0.315 e. The molecule has 2 amide bonds. The quantitative estimate of drug-likeness (QED) is 0.722. The van der Waals surface area contributed by atoms with E-state index in [0.717, 1.165) is 12.1 Å². The molecule has 0 radical (unpaired) electrons. The Labute approximate surface area is 147 Å². The van der Waals surface area contributed by atoms with Crippen LogP contribution in [0.3, 0.4) is 0 Å². The van der Waals surface area contributed by atoms with Gasteiger partial charge in [-0.25, -0.2) is 9.18 Å². The van der Waals surface area contributed by atoms with E-state index in [2.05, 4.69) is 15.5 Å². The molecule has 5 nitrogen and oxygen atoms in total. The minimum Gasteiger partial charge on any atom is -0.386 e. The molecule has 0 aliphatic heterocycles. The first-order valence-electron chi connectivity index (χ1n) is 8.12. The van der Waals surface area contributed by atoms with Gasteiger partial charge in [-0.1, -0.05) is 42.5 Å². The molecule has 0 bridgehead atoms. The predicted octanol–water partition coefficient (Wildman–Crippen LogP) is 2.42. The molecule has 0 saturated carbocycles. The van der Waals surface area contributed by atoms with Gasteiger partial charge in [0.1, 0.15) is 5.82 Å². The van der Waals surface area contributed by atoms with Gasteiger partial charge in [-0.2, -0.15) is 0 Å². The maximum Gasteiger partial charge on any atom is 0.315 e. The molecule has 1 atom stereocenters. The summed E-state index contributed by atoms with van der Waals surface area (Å²) in [6, 6.07) is 13.5. The van der Waals surface area contributed by atoms with Crippen LogP contribution in [0.1, 0.15) is 22.8 Å². The Kier molecular flexibility index (Phi) is 6.91. The van der Waals surface area contributed by atoms with E-state index in [1.807, 2.05) is 38.4 Å². The van der Waals surface area contributed by atoms with Gasteiger partial charge in [0.2, 0.25) is 0 Å². The Hall–Kier alpha value is -2.44. The SMILES string of the molecule is CN(C)Cc1cccc(CNC(=O)NCC(O)c2ccccc2F)c1. The van der Waals surface area contributed by atoms with Crippen LogP contribution in [0.5, 0.6) is 0 Å². The number of nitrogens with one attached hydrogen (secondary N) is 2. The van der Waals surface area contributed by atoms with Crippen LogP contribution in [0.2, 0.25) is 0 Å². The van der Waals surface area contributed by atoms with E-state index in [-0.39, 0.29) is 12.1 Å². The van der Waals surface area contributed by atoms with Crippen molar-refractivity contribution < 1.29 is 14.3 Å². The summed E-state index contributed by atoms with van der Waals surface area (Å²) in [6.07, 6.45) is -1.09. The number of nitrogens with zero attached hydrogens (tertiary/aromatic N) is 1. The van der Waals surface area contributed by atoms with E-state index in [9.17, 15) is 14.3 Å². The molecule has 0 aromatic heterocycles. The number of urea groups is 1. The van der Waals surface area contributed by atoms with E-state index in [1.165, 1.54) is 17.7 Å². The van der Waals surface area contributed by atoms with Gasteiger partial charge in [0.25, 0.3) is 0 Å². The zero-order chi connectivity index (χ0) is 18.2. The molecule has 25 heavy (non-hydrogen) atoms. The summed E-state index contributed by atoms with van der Waals surface area (Å²) in [5.74, 6) is -0.491. The van der Waals surface area contributed by atoms with Crippen LogP contribution in [0.4, 0.5) is 9.18 Å². The van der Waals surface area contributed by atoms with Gasteiger partial charge in [0, 0.05) is 25.2 Å². The molecule has 2 aromatic rings. The highest BCUT2D eigenvalue weighted by Crippen LogP contribution is 2.15. The van der Waals surface area contributed by atoms with Gasteiger partial charge in [-0.3, -0.25) is 0 Å². The molecule has 6 heteroatoms. The first-order valence-corrected chi connectivity index (χ1v) is 8.12. The van der Waals surface area contributed by atoms with Crippen LogP contribution in [-0.4, -0.2) is 36.7 Å².